The Hall–Kier alpha value is -1.62. The highest BCUT2D eigenvalue weighted by Gasteiger charge is 2.23. The maximum atomic E-state index is 11.0. The van der Waals surface area contributed by atoms with Crippen LogP contribution in [-0.2, 0) is 6.54 Å². The van der Waals surface area contributed by atoms with Crippen molar-refractivity contribution in [3.63, 3.8) is 0 Å². The van der Waals surface area contributed by atoms with E-state index in [9.17, 15) is 10.1 Å². The molecule has 1 aromatic carbocycles. The SMILES string of the molecule is O=[N+]([O-])c1ccc(CNC2CC2)cc1OCC1CCC1. The monoisotopic (exact) mass is 276 g/mol. The molecule has 0 saturated heterocycles. The minimum Gasteiger partial charge on any atom is -0.487 e. The number of nitro benzene ring substituents is 1. The van der Waals surface area contributed by atoms with Crippen molar-refractivity contribution in [2.75, 3.05) is 6.61 Å². The topological polar surface area (TPSA) is 64.4 Å². The third kappa shape index (κ3) is 3.28. The Kier molecular flexibility index (Phi) is 3.87. The second kappa shape index (κ2) is 5.79. The van der Waals surface area contributed by atoms with Gasteiger partial charge in [-0.05, 0) is 43.2 Å². The van der Waals surface area contributed by atoms with Crippen LogP contribution in [0.5, 0.6) is 5.75 Å². The van der Waals surface area contributed by atoms with Gasteiger partial charge in [-0.2, -0.15) is 0 Å². The Morgan fingerprint density at radius 1 is 1.30 bits per heavy atom. The van der Waals surface area contributed by atoms with Crippen molar-refractivity contribution in [1.82, 2.24) is 5.32 Å². The number of hydrogen-bond donors (Lipinski definition) is 1. The molecule has 0 atom stereocenters. The van der Waals surface area contributed by atoms with Crippen molar-refractivity contribution in [3.8, 4) is 5.75 Å². The zero-order valence-corrected chi connectivity index (χ0v) is 11.5. The smallest absolute Gasteiger partial charge is 0.310 e. The zero-order chi connectivity index (χ0) is 13.9. The fraction of sp³-hybridized carbons (Fsp3) is 0.600. The Morgan fingerprint density at radius 3 is 2.70 bits per heavy atom. The van der Waals surface area contributed by atoms with Gasteiger partial charge in [-0.15, -0.1) is 0 Å². The Balaban J connectivity index is 1.67. The molecule has 2 fully saturated rings. The van der Waals surface area contributed by atoms with E-state index in [2.05, 4.69) is 5.32 Å². The first kappa shape index (κ1) is 13.4. The van der Waals surface area contributed by atoms with E-state index >= 15 is 0 Å². The molecule has 0 aliphatic heterocycles. The maximum absolute atomic E-state index is 11.0. The number of nitro groups is 1. The summed E-state index contributed by atoms with van der Waals surface area (Å²) in [5, 5.41) is 14.5. The average molecular weight is 276 g/mol. The van der Waals surface area contributed by atoms with Crippen LogP contribution in [0.3, 0.4) is 0 Å². The first-order valence-corrected chi connectivity index (χ1v) is 7.36. The predicted octanol–water partition coefficient (Wildman–Crippen LogP) is 3.03. The van der Waals surface area contributed by atoms with Crippen LogP contribution in [0.1, 0.15) is 37.7 Å². The van der Waals surface area contributed by atoms with E-state index < -0.39 is 0 Å². The number of nitrogens with one attached hydrogen (secondary N) is 1. The second-order valence-corrected chi connectivity index (χ2v) is 5.82. The molecule has 0 amide bonds. The molecule has 1 aromatic rings. The summed E-state index contributed by atoms with van der Waals surface area (Å²) in [6.45, 7) is 1.35. The number of rotatable bonds is 7. The predicted molar refractivity (Wildman–Crippen MR) is 75.8 cm³/mol. The quantitative estimate of drug-likeness (QED) is 0.614. The van der Waals surface area contributed by atoms with Gasteiger partial charge in [-0.25, -0.2) is 0 Å². The highest BCUT2D eigenvalue weighted by molar-refractivity contribution is 5.48. The van der Waals surface area contributed by atoms with Gasteiger partial charge in [0.15, 0.2) is 5.75 Å². The molecule has 5 heteroatoms. The van der Waals surface area contributed by atoms with Gasteiger partial charge in [-0.1, -0.05) is 12.5 Å². The van der Waals surface area contributed by atoms with Crippen molar-refractivity contribution < 1.29 is 9.66 Å². The molecule has 3 rings (SSSR count). The van der Waals surface area contributed by atoms with Crippen LogP contribution < -0.4 is 10.1 Å². The summed E-state index contributed by atoms with van der Waals surface area (Å²) in [5.41, 5.74) is 1.12. The summed E-state index contributed by atoms with van der Waals surface area (Å²) in [6, 6.07) is 5.81. The van der Waals surface area contributed by atoms with Crippen LogP contribution in [0, 0.1) is 16.0 Å². The summed E-state index contributed by atoms with van der Waals surface area (Å²) >= 11 is 0. The number of ether oxygens (including phenoxy) is 1. The summed E-state index contributed by atoms with van der Waals surface area (Å²) in [7, 11) is 0. The maximum Gasteiger partial charge on any atom is 0.310 e. The van der Waals surface area contributed by atoms with Gasteiger partial charge >= 0.3 is 5.69 Å². The molecule has 108 valence electrons. The van der Waals surface area contributed by atoms with Gasteiger partial charge in [0.1, 0.15) is 0 Å². The van der Waals surface area contributed by atoms with Gasteiger partial charge in [-0.3, -0.25) is 10.1 Å². The normalized spacial score (nSPS) is 18.6. The van der Waals surface area contributed by atoms with E-state index in [4.69, 9.17) is 4.74 Å². The third-order valence-electron chi connectivity index (χ3n) is 4.09. The minimum absolute atomic E-state index is 0.0690. The summed E-state index contributed by atoms with van der Waals surface area (Å²) in [6.07, 6.45) is 6.07. The minimum atomic E-state index is -0.367. The van der Waals surface area contributed by atoms with Gasteiger partial charge in [0.05, 0.1) is 11.5 Å². The lowest BCUT2D eigenvalue weighted by Gasteiger charge is -2.25. The summed E-state index contributed by atoms with van der Waals surface area (Å²) in [4.78, 5) is 10.7. The van der Waals surface area contributed by atoms with Crippen LogP contribution in [0.15, 0.2) is 18.2 Å². The highest BCUT2D eigenvalue weighted by atomic mass is 16.6. The molecular formula is C15H20N2O3. The molecule has 0 unspecified atom stereocenters. The van der Waals surface area contributed by atoms with E-state index in [1.165, 1.54) is 32.1 Å². The molecule has 2 saturated carbocycles. The molecular weight excluding hydrogens is 256 g/mol. The van der Waals surface area contributed by atoms with Crippen LogP contribution in [0.4, 0.5) is 5.69 Å². The second-order valence-electron chi connectivity index (χ2n) is 5.82. The van der Waals surface area contributed by atoms with E-state index in [-0.39, 0.29) is 10.6 Å². The first-order chi connectivity index (χ1) is 9.72. The largest absolute Gasteiger partial charge is 0.487 e. The van der Waals surface area contributed by atoms with Gasteiger partial charge in [0.2, 0.25) is 0 Å². The fourth-order valence-electron chi connectivity index (χ4n) is 2.35. The Morgan fingerprint density at radius 2 is 2.10 bits per heavy atom. The molecule has 2 aliphatic carbocycles. The number of nitrogens with zero attached hydrogens (tertiary/aromatic N) is 1. The van der Waals surface area contributed by atoms with E-state index in [1.807, 2.05) is 12.1 Å². The van der Waals surface area contributed by atoms with Gasteiger partial charge < -0.3 is 10.1 Å². The molecule has 0 heterocycles. The molecule has 0 spiro atoms. The van der Waals surface area contributed by atoms with E-state index in [1.54, 1.807) is 6.07 Å². The third-order valence-corrected chi connectivity index (χ3v) is 4.09. The van der Waals surface area contributed by atoms with E-state index in [0.29, 0.717) is 24.3 Å². The fourth-order valence-corrected chi connectivity index (χ4v) is 2.35. The van der Waals surface area contributed by atoms with Crippen molar-refractivity contribution in [2.45, 2.75) is 44.7 Å². The number of benzene rings is 1. The molecule has 0 radical (unpaired) electrons. The van der Waals surface area contributed by atoms with Crippen LogP contribution in [-0.4, -0.2) is 17.6 Å². The highest BCUT2D eigenvalue weighted by Crippen LogP contribution is 2.32. The lowest BCUT2D eigenvalue weighted by atomic mass is 9.86. The summed E-state index contributed by atoms with van der Waals surface area (Å²) < 4.78 is 5.70. The van der Waals surface area contributed by atoms with Gasteiger partial charge in [0.25, 0.3) is 0 Å². The standard InChI is InChI=1S/C15H20N2O3/c18-17(19)14-7-4-12(9-16-13-5-6-13)8-15(14)20-10-11-2-1-3-11/h4,7-8,11,13,16H,1-3,5-6,9-10H2. The lowest BCUT2D eigenvalue weighted by molar-refractivity contribution is -0.385. The molecule has 2 aliphatic rings. The Bertz CT molecular complexity index is 496. The zero-order valence-electron chi connectivity index (χ0n) is 11.5. The lowest BCUT2D eigenvalue weighted by Crippen LogP contribution is -2.20. The van der Waals surface area contributed by atoms with Crippen molar-refractivity contribution in [2.24, 2.45) is 5.92 Å². The van der Waals surface area contributed by atoms with Crippen molar-refractivity contribution in [3.05, 3.63) is 33.9 Å². The van der Waals surface area contributed by atoms with Crippen LogP contribution >= 0.6 is 0 Å². The van der Waals surface area contributed by atoms with Crippen LogP contribution in [0.2, 0.25) is 0 Å². The molecule has 0 bridgehead atoms. The molecule has 5 nitrogen and oxygen atoms in total. The average Bonchev–Trinajstić information content (AvgIpc) is 3.18. The molecule has 1 N–H and O–H groups in total. The summed E-state index contributed by atoms with van der Waals surface area (Å²) in [5.74, 6) is 0.986. The van der Waals surface area contributed by atoms with Crippen molar-refractivity contribution >= 4 is 5.69 Å². The first-order valence-electron chi connectivity index (χ1n) is 7.36. The molecule has 20 heavy (non-hydrogen) atoms. The van der Waals surface area contributed by atoms with Gasteiger partial charge in [0, 0.05) is 18.7 Å². The van der Waals surface area contributed by atoms with Crippen LogP contribution in [0.25, 0.3) is 0 Å². The van der Waals surface area contributed by atoms with E-state index in [0.717, 1.165) is 12.1 Å². The van der Waals surface area contributed by atoms with Crippen molar-refractivity contribution in [1.29, 1.82) is 0 Å². The molecule has 0 aromatic heterocycles. The number of hydrogen-bond acceptors (Lipinski definition) is 4. The Labute approximate surface area is 118 Å².